The molecule has 0 saturated carbocycles. The molecule has 8 heteroatoms. The lowest BCUT2D eigenvalue weighted by Gasteiger charge is -2.34. The Morgan fingerprint density at radius 2 is 1.80 bits per heavy atom. The Morgan fingerprint density at radius 1 is 1.06 bits per heavy atom. The van der Waals surface area contributed by atoms with E-state index < -0.39 is 6.04 Å². The van der Waals surface area contributed by atoms with Crippen molar-refractivity contribution in [2.75, 3.05) is 13.1 Å². The number of hydrogen-bond acceptors (Lipinski definition) is 4. The van der Waals surface area contributed by atoms with Crippen LogP contribution in [0.15, 0.2) is 79.3 Å². The summed E-state index contributed by atoms with van der Waals surface area (Å²) < 4.78 is 6.03. The van der Waals surface area contributed by atoms with Crippen LogP contribution in [0, 0.1) is 0 Å². The van der Waals surface area contributed by atoms with Crippen molar-refractivity contribution in [3.63, 3.8) is 0 Å². The van der Waals surface area contributed by atoms with Crippen molar-refractivity contribution in [3.05, 3.63) is 95.4 Å². The molecule has 2 aromatic heterocycles. The number of nitrogens with one attached hydrogen (secondary N) is 2. The van der Waals surface area contributed by atoms with Crippen LogP contribution in [-0.2, 0) is 4.79 Å². The van der Waals surface area contributed by atoms with Gasteiger partial charge < -0.3 is 19.9 Å². The van der Waals surface area contributed by atoms with Crippen molar-refractivity contribution in [1.29, 1.82) is 0 Å². The van der Waals surface area contributed by atoms with E-state index in [4.69, 9.17) is 16.3 Å². The molecule has 0 aliphatic carbocycles. The summed E-state index contributed by atoms with van der Waals surface area (Å²) in [7, 11) is 0. The third-order valence-corrected chi connectivity index (χ3v) is 6.57. The molecule has 3 heterocycles. The number of nitrogens with zero attached hydrogens (tertiary/aromatic N) is 2. The summed E-state index contributed by atoms with van der Waals surface area (Å²) in [5.41, 5.74) is 1.96. The fourth-order valence-electron chi connectivity index (χ4n) is 4.37. The molecule has 1 aliphatic heterocycles. The lowest BCUT2D eigenvalue weighted by Crippen LogP contribution is -2.47. The number of ether oxygens (including phenoxy) is 1. The maximum atomic E-state index is 13.6. The van der Waals surface area contributed by atoms with Gasteiger partial charge in [0.1, 0.15) is 17.9 Å². The molecule has 35 heavy (non-hydrogen) atoms. The number of benzene rings is 2. The van der Waals surface area contributed by atoms with E-state index in [1.165, 1.54) is 0 Å². The highest BCUT2D eigenvalue weighted by atomic mass is 35.5. The molecule has 5 rings (SSSR count). The molecule has 0 bridgehead atoms. The van der Waals surface area contributed by atoms with Gasteiger partial charge in [-0.3, -0.25) is 14.6 Å². The summed E-state index contributed by atoms with van der Waals surface area (Å²) in [6.45, 7) is 1.11. The molecule has 2 aromatic carbocycles. The van der Waals surface area contributed by atoms with Crippen LogP contribution in [-0.4, -0.2) is 45.9 Å². The number of piperidine rings is 1. The highest BCUT2D eigenvalue weighted by molar-refractivity contribution is 6.35. The molecule has 4 aromatic rings. The second-order valence-electron chi connectivity index (χ2n) is 8.54. The lowest BCUT2D eigenvalue weighted by molar-refractivity contribution is -0.135. The van der Waals surface area contributed by atoms with Gasteiger partial charge in [0.25, 0.3) is 5.91 Å². The van der Waals surface area contributed by atoms with E-state index in [9.17, 15) is 9.59 Å². The summed E-state index contributed by atoms with van der Waals surface area (Å²) in [6, 6.07) is 17.5. The molecule has 7 nitrogen and oxygen atoms in total. The van der Waals surface area contributed by atoms with Gasteiger partial charge in [-0.15, -0.1) is 0 Å². The number of aromatic nitrogens is 2. The van der Waals surface area contributed by atoms with Crippen LogP contribution in [0.25, 0.3) is 10.9 Å². The van der Waals surface area contributed by atoms with Gasteiger partial charge in [-0.25, -0.2) is 0 Å². The Kier molecular flexibility index (Phi) is 6.68. The zero-order valence-electron chi connectivity index (χ0n) is 19.0. The van der Waals surface area contributed by atoms with E-state index in [0.717, 1.165) is 22.2 Å². The fourth-order valence-corrected chi connectivity index (χ4v) is 4.58. The van der Waals surface area contributed by atoms with E-state index in [-0.39, 0.29) is 17.9 Å². The van der Waals surface area contributed by atoms with E-state index >= 15 is 0 Å². The van der Waals surface area contributed by atoms with Crippen LogP contribution in [0.4, 0.5) is 0 Å². The first-order valence-corrected chi connectivity index (χ1v) is 11.9. The van der Waals surface area contributed by atoms with Crippen molar-refractivity contribution in [2.45, 2.75) is 25.0 Å². The number of halogens is 1. The smallest absolute Gasteiger partial charge is 0.252 e. The Morgan fingerprint density at radius 3 is 2.54 bits per heavy atom. The molecule has 2 amide bonds. The average Bonchev–Trinajstić information content (AvgIpc) is 3.28. The summed E-state index contributed by atoms with van der Waals surface area (Å²) in [5, 5.41) is 4.40. The molecule has 178 valence electrons. The molecule has 0 unspecified atom stereocenters. The van der Waals surface area contributed by atoms with Crippen LogP contribution >= 0.6 is 11.6 Å². The molecule has 1 atom stereocenters. The van der Waals surface area contributed by atoms with Gasteiger partial charge in [0.2, 0.25) is 5.91 Å². The summed E-state index contributed by atoms with van der Waals surface area (Å²) in [4.78, 5) is 35.6. The van der Waals surface area contributed by atoms with Crippen molar-refractivity contribution in [2.24, 2.45) is 0 Å². The first-order valence-electron chi connectivity index (χ1n) is 11.6. The van der Waals surface area contributed by atoms with Crippen LogP contribution in [0.1, 0.15) is 34.8 Å². The molecule has 1 aliphatic rings. The van der Waals surface area contributed by atoms with Crippen LogP contribution in [0.3, 0.4) is 0 Å². The normalized spacial score (nSPS) is 15.1. The molecule has 2 N–H and O–H groups in total. The minimum Gasteiger partial charge on any atom is -0.490 e. The molecule has 0 radical (unpaired) electrons. The van der Waals surface area contributed by atoms with Gasteiger partial charge in [-0.2, -0.15) is 0 Å². The fraction of sp³-hybridized carbons (Fsp3) is 0.222. The van der Waals surface area contributed by atoms with E-state index in [0.29, 0.717) is 36.5 Å². The molecule has 0 spiro atoms. The first kappa shape index (κ1) is 22.9. The minimum absolute atomic E-state index is 0.0329. The van der Waals surface area contributed by atoms with Crippen LogP contribution < -0.4 is 10.1 Å². The number of carbonyl (C=O) groups excluding carboxylic acids is 2. The van der Waals surface area contributed by atoms with E-state index in [1.807, 2.05) is 42.5 Å². The molecular formula is C27H25ClN4O3. The third-order valence-electron chi connectivity index (χ3n) is 6.25. The van der Waals surface area contributed by atoms with Gasteiger partial charge in [0.05, 0.1) is 5.02 Å². The number of H-pyrrole nitrogens is 1. The van der Waals surface area contributed by atoms with Gasteiger partial charge in [0.15, 0.2) is 0 Å². The van der Waals surface area contributed by atoms with Gasteiger partial charge >= 0.3 is 0 Å². The zero-order valence-corrected chi connectivity index (χ0v) is 19.7. The summed E-state index contributed by atoms with van der Waals surface area (Å²) in [5.74, 6) is 0.325. The topological polar surface area (TPSA) is 87.3 Å². The second-order valence-corrected chi connectivity index (χ2v) is 8.95. The molecule has 1 saturated heterocycles. The summed E-state index contributed by atoms with van der Waals surface area (Å²) in [6.07, 6.45) is 6.55. The van der Waals surface area contributed by atoms with Crippen molar-refractivity contribution >= 4 is 34.3 Å². The van der Waals surface area contributed by atoms with E-state index in [2.05, 4.69) is 15.3 Å². The molecular weight excluding hydrogens is 464 g/mol. The minimum atomic E-state index is -0.788. The van der Waals surface area contributed by atoms with Crippen LogP contribution in [0.5, 0.6) is 5.75 Å². The van der Waals surface area contributed by atoms with Gasteiger partial charge in [0, 0.05) is 61.0 Å². The summed E-state index contributed by atoms with van der Waals surface area (Å²) >= 11 is 6.16. The SMILES string of the molecule is O=C(N[C@@H](C(=O)N1CCC(Oc2ccncc2)CC1)c1ccccc1)c1ccc2c(Cl)c[nH]c2c1. The lowest BCUT2D eigenvalue weighted by atomic mass is 10.0. The number of hydrogen-bond donors (Lipinski definition) is 2. The maximum Gasteiger partial charge on any atom is 0.252 e. The van der Waals surface area contributed by atoms with E-state index in [1.54, 1.807) is 41.7 Å². The van der Waals surface area contributed by atoms with Gasteiger partial charge in [-0.1, -0.05) is 48.0 Å². The number of fused-ring (bicyclic) bond motifs is 1. The Balaban J connectivity index is 1.29. The van der Waals surface area contributed by atoms with Crippen molar-refractivity contribution in [1.82, 2.24) is 20.2 Å². The monoisotopic (exact) mass is 488 g/mol. The number of amides is 2. The van der Waals surface area contributed by atoms with Crippen LogP contribution in [0.2, 0.25) is 5.02 Å². The Labute approximate surface area is 208 Å². The zero-order chi connectivity index (χ0) is 24.2. The third kappa shape index (κ3) is 5.15. The van der Waals surface area contributed by atoms with Crippen molar-refractivity contribution < 1.29 is 14.3 Å². The second kappa shape index (κ2) is 10.2. The highest BCUT2D eigenvalue weighted by Gasteiger charge is 2.31. The Bertz CT molecular complexity index is 1320. The molecule has 1 fully saturated rings. The Hall–Kier alpha value is -3.84. The number of aromatic amines is 1. The first-order chi connectivity index (χ1) is 17.1. The number of rotatable bonds is 6. The quantitative estimate of drug-likeness (QED) is 0.409. The largest absolute Gasteiger partial charge is 0.490 e. The predicted molar refractivity (Wildman–Crippen MR) is 134 cm³/mol. The standard InChI is InChI=1S/C27H25ClN4O3/c28-23-17-30-24-16-19(6-7-22(23)24)26(33)31-25(18-4-2-1-3-5-18)27(34)32-14-10-21(11-15-32)35-20-8-12-29-13-9-20/h1-9,12-13,16-17,21,25,30H,10-11,14-15H2,(H,31,33)/t25-/m1/s1. The number of likely N-dealkylation sites (tertiary alicyclic amines) is 1. The maximum absolute atomic E-state index is 13.6. The van der Waals surface area contributed by atoms with Crippen molar-refractivity contribution in [3.8, 4) is 5.75 Å². The number of carbonyl (C=O) groups is 2. The van der Waals surface area contributed by atoms with Gasteiger partial charge in [-0.05, 0) is 29.8 Å². The predicted octanol–water partition coefficient (Wildman–Crippen LogP) is 4.76. The average molecular weight is 489 g/mol. The number of pyridine rings is 1. The highest BCUT2D eigenvalue weighted by Crippen LogP contribution is 2.25.